The van der Waals surface area contributed by atoms with Crippen molar-refractivity contribution in [1.82, 2.24) is 4.37 Å². The molecule has 0 radical (unpaired) electrons. The highest BCUT2D eigenvalue weighted by molar-refractivity contribution is 14.2. The summed E-state index contributed by atoms with van der Waals surface area (Å²) in [5.41, 5.74) is 1.33. The number of rotatable bonds is 5. The smallest absolute Gasteiger partial charge is 0.415 e. The number of aryl methyl sites for hydroxylation is 1. The second kappa shape index (κ2) is 10.0. The van der Waals surface area contributed by atoms with Gasteiger partial charge in [0.2, 0.25) is 0 Å². The third-order valence-corrected chi connectivity index (χ3v) is 7.77. The van der Waals surface area contributed by atoms with Crippen LogP contribution in [0.2, 0.25) is 0 Å². The molecule has 9 heteroatoms. The highest BCUT2D eigenvalue weighted by Crippen LogP contribution is 2.42. The summed E-state index contributed by atoms with van der Waals surface area (Å²) in [5.74, 6) is 3.26. The van der Waals surface area contributed by atoms with E-state index in [0.29, 0.717) is 6.54 Å². The van der Waals surface area contributed by atoms with Crippen molar-refractivity contribution in [3.05, 3.63) is 32.8 Å². The van der Waals surface area contributed by atoms with Crippen LogP contribution in [-0.4, -0.2) is 16.1 Å². The molecule has 0 fully saturated rings. The van der Waals surface area contributed by atoms with E-state index in [4.69, 9.17) is 9.11 Å². The van der Waals surface area contributed by atoms with Gasteiger partial charge >= 0.3 is 6.09 Å². The topological polar surface area (TPSA) is 42.4 Å². The van der Waals surface area contributed by atoms with Crippen molar-refractivity contribution in [3.63, 3.8) is 0 Å². The summed E-state index contributed by atoms with van der Waals surface area (Å²) in [6, 6.07) is 4.03. The van der Waals surface area contributed by atoms with Crippen LogP contribution >= 0.6 is 64.3 Å². The van der Waals surface area contributed by atoms with Crippen molar-refractivity contribution in [2.24, 2.45) is 0 Å². The normalized spacial score (nSPS) is 11.3. The third kappa shape index (κ3) is 5.67. The number of halogens is 1. The highest BCUT2D eigenvalue weighted by Gasteiger charge is 2.29. The Morgan fingerprint density at radius 1 is 1.41 bits per heavy atom. The van der Waals surface area contributed by atoms with Crippen molar-refractivity contribution < 1.29 is 9.53 Å². The van der Waals surface area contributed by atoms with Gasteiger partial charge in [-0.2, -0.15) is 4.37 Å². The van der Waals surface area contributed by atoms with Crippen molar-refractivity contribution >= 4 is 85.7 Å². The van der Waals surface area contributed by atoms with E-state index in [1.54, 1.807) is 27.6 Å². The molecule has 0 aromatic carbocycles. The molecule has 0 atom stereocenters. The van der Waals surface area contributed by atoms with Crippen LogP contribution < -0.4 is 4.90 Å². The number of aromatic nitrogens is 1. The quantitative estimate of drug-likeness (QED) is 0.231. The summed E-state index contributed by atoms with van der Waals surface area (Å²) >= 11 is 6.85. The minimum Gasteiger partial charge on any atom is -0.443 e. The van der Waals surface area contributed by atoms with E-state index in [2.05, 4.69) is 39.3 Å². The summed E-state index contributed by atoms with van der Waals surface area (Å²) < 4.78 is 11.4. The largest absolute Gasteiger partial charge is 0.443 e. The Bertz CT molecular complexity index is 1040. The molecule has 3 aromatic heterocycles. The number of amides is 1. The van der Waals surface area contributed by atoms with Crippen LogP contribution in [0.4, 0.5) is 9.80 Å². The van der Waals surface area contributed by atoms with Crippen LogP contribution in [0.15, 0.2) is 17.5 Å². The van der Waals surface area contributed by atoms with Crippen molar-refractivity contribution in [1.29, 1.82) is 0 Å². The van der Waals surface area contributed by atoms with Crippen LogP contribution in [0, 0.1) is 11.2 Å². The van der Waals surface area contributed by atoms with E-state index in [1.807, 2.05) is 38.3 Å². The molecular formula is C20H21IN2O2S4. The highest BCUT2D eigenvalue weighted by atomic mass is 127. The standard InChI is InChI=1S/C20H21IN2O2S4/c1-5-7-15-14(9-11-27-21)16-17(28-15)18(29-22-16)23(12-13-8-6-10-26-13)19(24)25-20(2,3)4/h6,8,10H,5,7,12H2,1-4H3. The molecule has 0 saturated carbocycles. The van der Waals surface area contributed by atoms with E-state index < -0.39 is 5.60 Å². The molecule has 0 saturated heterocycles. The van der Waals surface area contributed by atoms with E-state index in [1.165, 1.54) is 25.3 Å². The minimum atomic E-state index is -0.564. The lowest BCUT2D eigenvalue weighted by atomic mass is 10.2. The van der Waals surface area contributed by atoms with Gasteiger partial charge in [-0.05, 0) is 64.4 Å². The Morgan fingerprint density at radius 2 is 2.21 bits per heavy atom. The Labute approximate surface area is 199 Å². The van der Waals surface area contributed by atoms with Crippen molar-refractivity contribution in [2.75, 3.05) is 4.90 Å². The number of hydrogen-bond donors (Lipinski definition) is 0. The molecule has 29 heavy (non-hydrogen) atoms. The predicted molar refractivity (Wildman–Crippen MR) is 137 cm³/mol. The minimum absolute atomic E-state index is 0.350. The number of carbonyl (C=O) groups is 1. The molecule has 0 unspecified atom stereocenters. The fourth-order valence-electron chi connectivity index (χ4n) is 2.70. The molecule has 3 rings (SSSR count). The van der Waals surface area contributed by atoms with Gasteiger partial charge in [-0.15, -0.1) is 22.7 Å². The molecular weight excluding hydrogens is 555 g/mol. The van der Waals surface area contributed by atoms with Crippen molar-refractivity contribution in [2.45, 2.75) is 52.7 Å². The third-order valence-electron chi connectivity index (χ3n) is 3.82. The maximum Gasteiger partial charge on any atom is 0.415 e. The first-order chi connectivity index (χ1) is 13.8. The van der Waals surface area contributed by atoms with E-state index in [0.717, 1.165) is 38.5 Å². The zero-order chi connectivity index (χ0) is 21.0. The van der Waals surface area contributed by atoms with E-state index >= 15 is 0 Å². The molecule has 0 aliphatic heterocycles. The zero-order valence-electron chi connectivity index (χ0n) is 16.6. The Kier molecular flexibility index (Phi) is 7.89. The van der Waals surface area contributed by atoms with Gasteiger partial charge in [-0.25, -0.2) is 4.79 Å². The Morgan fingerprint density at radius 3 is 2.83 bits per heavy atom. The summed E-state index contributed by atoms with van der Waals surface area (Å²) in [6.07, 6.45) is 1.65. The molecule has 3 heterocycles. The van der Waals surface area contributed by atoms with Gasteiger partial charge in [0.25, 0.3) is 0 Å². The van der Waals surface area contributed by atoms with Gasteiger partial charge < -0.3 is 4.74 Å². The number of fused-ring (bicyclic) bond motifs is 1. The molecule has 0 aliphatic carbocycles. The summed E-state index contributed by atoms with van der Waals surface area (Å²) in [4.78, 5) is 17.1. The average Bonchev–Trinajstić information content (AvgIpc) is 3.34. The van der Waals surface area contributed by atoms with Gasteiger partial charge in [-0.3, -0.25) is 4.90 Å². The zero-order valence-corrected chi connectivity index (χ0v) is 22.0. The lowest BCUT2D eigenvalue weighted by Crippen LogP contribution is -2.36. The molecule has 3 aromatic rings. The van der Waals surface area contributed by atoms with Gasteiger partial charge in [0, 0.05) is 31.0 Å². The number of carbonyl (C=O) groups excluding carboxylic acids is 1. The molecule has 4 nitrogen and oxygen atoms in total. The maximum atomic E-state index is 13.1. The van der Waals surface area contributed by atoms with Crippen LogP contribution in [0.1, 0.15) is 49.4 Å². The summed E-state index contributed by atoms with van der Waals surface area (Å²) in [5, 5.41) is 5.94. The van der Waals surface area contributed by atoms with Gasteiger partial charge in [0.15, 0.2) is 0 Å². The first-order valence-electron chi connectivity index (χ1n) is 9.06. The molecule has 0 spiro atoms. The summed E-state index contributed by atoms with van der Waals surface area (Å²) in [6.45, 7) is 8.29. The molecule has 1 amide bonds. The Hall–Kier alpha value is -0.800. The SMILES string of the molecule is CCCc1sc2c(N(Cc3cccs3)C(=O)OC(C)(C)C)snc2c1C#CSI. The fraction of sp³-hybridized carbons (Fsp3) is 0.400. The number of thiophene rings is 2. The summed E-state index contributed by atoms with van der Waals surface area (Å²) in [7, 11) is 1.47. The van der Waals surface area contributed by atoms with Gasteiger partial charge in [0.05, 0.1) is 16.8 Å². The second-order valence-corrected chi connectivity index (χ2v) is 11.8. The maximum absolute atomic E-state index is 13.1. The molecule has 0 aliphatic rings. The van der Waals surface area contributed by atoms with Gasteiger partial charge in [-0.1, -0.05) is 25.3 Å². The number of nitrogens with zero attached hydrogens (tertiary/aromatic N) is 2. The van der Waals surface area contributed by atoms with Crippen LogP contribution in [0.5, 0.6) is 0 Å². The van der Waals surface area contributed by atoms with E-state index in [9.17, 15) is 4.79 Å². The lowest BCUT2D eigenvalue weighted by molar-refractivity contribution is 0.0579. The first kappa shape index (κ1) is 22.9. The molecule has 0 N–H and O–H groups in total. The van der Waals surface area contributed by atoms with Crippen LogP contribution in [0.3, 0.4) is 0 Å². The number of ether oxygens (including phenoxy) is 1. The van der Waals surface area contributed by atoms with Crippen molar-refractivity contribution in [3.8, 4) is 11.2 Å². The molecule has 154 valence electrons. The predicted octanol–water partition coefficient (Wildman–Crippen LogP) is 7.71. The monoisotopic (exact) mass is 576 g/mol. The van der Waals surface area contributed by atoms with Gasteiger partial charge in [0.1, 0.15) is 16.1 Å². The lowest BCUT2D eigenvalue weighted by Gasteiger charge is -2.26. The molecule has 0 bridgehead atoms. The fourth-order valence-corrected chi connectivity index (χ4v) is 6.18. The average molecular weight is 577 g/mol. The van der Waals surface area contributed by atoms with E-state index in [-0.39, 0.29) is 6.09 Å². The van der Waals surface area contributed by atoms with Crippen LogP contribution in [0.25, 0.3) is 10.2 Å². The first-order valence-corrected chi connectivity index (χ1v) is 14.9. The second-order valence-electron chi connectivity index (χ2n) is 7.27. The Balaban J connectivity index is 2.08. The number of anilines is 1. The van der Waals surface area contributed by atoms with Crippen LogP contribution in [-0.2, 0) is 17.7 Å². The number of hydrogen-bond acceptors (Lipinski definition) is 7.